The number of hydrogen-bond acceptors (Lipinski definition) is 6. The minimum Gasteiger partial charge on any atom is -0.726 e. The monoisotopic (exact) mass is 269 g/mol. The van der Waals surface area contributed by atoms with E-state index in [1.165, 1.54) is 31.2 Å². The summed E-state index contributed by atoms with van der Waals surface area (Å²) in [5, 5.41) is 10.6. The number of nitro benzene ring substituents is 1. The molecule has 0 radical (unpaired) electrons. The predicted molar refractivity (Wildman–Crippen MR) is 52.3 cm³/mol. The van der Waals surface area contributed by atoms with Gasteiger partial charge in [0.05, 0.1) is 10.5 Å². The molecule has 0 aromatic heterocycles. The van der Waals surface area contributed by atoms with E-state index >= 15 is 0 Å². The maximum atomic E-state index is 10.6. The van der Waals surface area contributed by atoms with Crippen molar-refractivity contribution in [3.63, 3.8) is 0 Å². The standard InChI is InChI=1S/C8H9NO6S.Na/c1-6(15-16(12,13)14)7-4-2-3-5-8(7)9(10)11;/h2-6H,1H3,(H,12,13,14);/q;+1/p-1. The molecule has 7 nitrogen and oxygen atoms in total. The van der Waals surface area contributed by atoms with Crippen LogP contribution in [0.15, 0.2) is 24.3 Å². The average molecular weight is 269 g/mol. The maximum Gasteiger partial charge on any atom is 1.00 e. The summed E-state index contributed by atoms with van der Waals surface area (Å²) in [6, 6.07) is 5.44. The molecular formula is C8H8NNaO6S. The molecule has 1 aromatic carbocycles. The fourth-order valence-electron chi connectivity index (χ4n) is 1.23. The van der Waals surface area contributed by atoms with Crippen LogP contribution in [0.5, 0.6) is 0 Å². The van der Waals surface area contributed by atoms with Gasteiger partial charge in [-0.2, -0.15) is 0 Å². The Hall–Kier alpha value is -0.510. The van der Waals surface area contributed by atoms with E-state index in [1.807, 2.05) is 0 Å². The van der Waals surface area contributed by atoms with Gasteiger partial charge in [0.2, 0.25) is 10.4 Å². The van der Waals surface area contributed by atoms with Crippen LogP contribution in [0.4, 0.5) is 5.69 Å². The van der Waals surface area contributed by atoms with Gasteiger partial charge in [-0.15, -0.1) is 0 Å². The molecular weight excluding hydrogens is 261 g/mol. The molecule has 0 bridgehead atoms. The normalized spacial score (nSPS) is 12.6. The summed E-state index contributed by atoms with van der Waals surface area (Å²) >= 11 is 0. The molecule has 0 aliphatic rings. The zero-order valence-corrected chi connectivity index (χ0v) is 12.0. The van der Waals surface area contributed by atoms with Crippen LogP contribution >= 0.6 is 0 Å². The van der Waals surface area contributed by atoms with Crippen molar-refractivity contribution in [2.75, 3.05) is 0 Å². The number of hydrogen-bond donors (Lipinski definition) is 0. The maximum absolute atomic E-state index is 10.6. The van der Waals surface area contributed by atoms with Gasteiger partial charge in [0.25, 0.3) is 5.69 Å². The fraction of sp³-hybridized carbons (Fsp3) is 0.250. The number of benzene rings is 1. The first kappa shape index (κ1) is 16.5. The molecule has 0 saturated carbocycles. The summed E-state index contributed by atoms with van der Waals surface area (Å²) < 4.78 is 35.2. The smallest absolute Gasteiger partial charge is 0.726 e. The molecule has 0 aliphatic heterocycles. The van der Waals surface area contributed by atoms with E-state index in [9.17, 15) is 23.1 Å². The molecule has 0 amide bonds. The minimum absolute atomic E-state index is 0. The topological polar surface area (TPSA) is 110 Å². The Bertz CT molecular complexity index is 502. The van der Waals surface area contributed by atoms with E-state index in [4.69, 9.17) is 0 Å². The Morgan fingerprint density at radius 3 is 2.35 bits per heavy atom. The summed E-state index contributed by atoms with van der Waals surface area (Å²) in [6.45, 7) is 1.25. The van der Waals surface area contributed by atoms with Crippen molar-refractivity contribution in [3.8, 4) is 0 Å². The van der Waals surface area contributed by atoms with Crippen LogP contribution in [0.25, 0.3) is 0 Å². The van der Waals surface area contributed by atoms with Crippen LogP contribution in [0.2, 0.25) is 0 Å². The van der Waals surface area contributed by atoms with Crippen LogP contribution in [0.1, 0.15) is 18.6 Å². The van der Waals surface area contributed by atoms with Crippen molar-refractivity contribution in [3.05, 3.63) is 39.9 Å². The van der Waals surface area contributed by atoms with Gasteiger partial charge in [-0.3, -0.25) is 14.3 Å². The van der Waals surface area contributed by atoms with Gasteiger partial charge in [0.15, 0.2) is 0 Å². The van der Waals surface area contributed by atoms with Gasteiger partial charge >= 0.3 is 29.6 Å². The molecule has 0 aliphatic carbocycles. The van der Waals surface area contributed by atoms with Crippen LogP contribution in [0, 0.1) is 10.1 Å². The SMILES string of the molecule is CC(OS(=O)(=O)[O-])c1ccccc1[N+](=O)[O-].[Na+]. The van der Waals surface area contributed by atoms with Gasteiger partial charge in [0, 0.05) is 6.07 Å². The van der Waals surface area contributed by atoms with Crippen LogP contribution in [0.3, 0.4) is 0 Å². The summed E-state index contributed by atoms with van der Waals surface area (Å²) in [5.74, 6) is 0. The molecule has 1 rings (SSSR count). The largest absolute Gasteiger partial charge is 1.00 e. The second-order valence-electron chi connectivity index (χ2n) is 2.96. The molecule has 0 fully saturated rings. The first-order valence-corrected chi connectivity index (χ1v) is 5.52. The Balaban J connectivity index is 0.00000256. The third-order valence-corrected chi connectivity index (χ3v) is 2.36. The molecule has 1 aromatic rings. The van der Waals surface area contributed by atoms with Crippen LogP contribution in [-0.2, 0) is 14.6 Å². The van der Waals surface area contributed by atoms with E-state index < -0.39 is 21.4 Å². The number of nitrogens with zero attached hydrogens (tertiary/aromatic N) is 1. The van der Waals surface area contributed by atoms with Gasteiger partial charge in [-0.05, 0) is 13.0 Å². The third-order valence-electron chi connectivity index (χ3n) is 1.83. The summed E-state index contributed by atoms with van der Waals surface area (Å²) in [5.41, 5.74) is -0.259. The van der Waals surface area contributed by atoms with E-state index in [2.05, 4.69) is 4.18 Å². The van der Waals surface area contributed by atoms with E-state index in [0.717, 1.165) is 0 Å². The average Bonchev–Trinajstić information content (AvgIpc) is 2.15. The van der Waals surface area contributed by atoms with Crippen LogP contribution < -0.4 is 29.6 Å². The second kappa shape index (κ2) is 6.43. The quantitative estimate of drug-likeness (QED) is 0.208. The Labute approximate surface area is 120 Å². The molecule has 17 heavy (non-hydrogen) atoms. The molecule has 1 atom stereocenters. The van der Waals surface area contributed by atoms with Crippen molar-refractivity contribution >= 4 is 16.1 Å². The van der Waals surface area contributed by atoms with Crippen LogP contribution in [-0.4, -0.2) is 17.9 Å². The number of nitro groups is 1. The Morgan fingerprint density at radius 1 is 1.35 bits per heavy atom. The number of rotatable bonds is 4. The summed E-state index contributed by atoms with van der Waals surface area (Å²) in [6.07, 6.45) is -1.19. The van der Waals surface area contributed by atoms with Crippen molar-refractivity contribution in [1.29, 1.82) is 0 Å². The first-order chi connectivity index (χ1) is 7.31. The van der Waals surface area contributed by atoms with E-state index in [-0.39, 0.29) is 40.8 Å². The molecule has 0 heterocycles. The van der Waals surface area contributed by atoms with Gasteiger partial charge in [0.1, 0.15) is 6.10 Å². The van der Waals surface area contributed by atoms with Crippen molar-refractivity contribution < 1.29 is 51.6 Å². The zero-order valence-electron chi connectivity index (χ0n) is 9.19. The van der Waals surface area contributed by atoms with Gasteiger partial charge < -0.3 is 4.55 Å². The van der Waals surface area contributed by atoms with E-state index in [1.54, 1.807) is 0 Å². The Morgan fingerprint density at radius 2 is 1.88 bits per heavy atom. The fourth-order valence-corrected chi connectivity index (χ4v) is 1.68. The van der Waals surface area contributed by atoms with Crippen molar-refractivity contribution in [1.82, 2.24) is 0 Å². The molecule has 0 saturated heterocycles. The minimum atomic E-state index is -4.89. The summed E-state index contributed by atoms with van der Waals surface area (Å²) in [4.78, 5) is 9.94. The number of para-hydroxylation sites is 1. The summed E-state index contributed by atoms with van der Waals surface area (Å²) in [7, 11) is -4.89. The predicted octanol–water partition coefficient (Wildman–Crippen LogP) is -1.86. The molecule has 0 N–H and O–H groups in total. The van der Waals surface area contributed by atoms with Gasteiger partial charge in [-0.25, -0.2) is 8.42 Å². The van der Waals surface area contributed by atoms with Crippen molar-refractivity contribution in [2.24, 2.45) is 0 Å². The molecule has 1 unspecified atom stereocenters. The molecule has 88 valence electrons. The second-order valence-corrected chi connectivity index (χ2v) is 3.97. The molecule has 9 heteroatoms. The Kier molecular flexibility index (Phi) is 6.24. The van der Waals surface area contributed by atoms with Crippen molar-refractivity contribution in [2.45, 2.75) is 13.0 Å². The zero-order chi connectivity index (χ0) is 12.3. The van der Waals surface area contributed by atoms with E-state index in [0.29, 0.717) is 0 Å². The molecule has 0 spiro atoms. The van der Waals surface area contributed by atoms with Gasteiger partial charge in [-0.1, -0.05) is 12.1 Å². The first-order valence-electron chi connectivity index (χ1n) is 4.18. The third kappa shape index (κ3) is 5.11.